The number of aromatic nitrogens is 1. The molecular weight excluding hydrogens is 238 g/mol. The second kappa shape index (κ2) is 4.92. The van der Waals surface area contributed by atoms with Crippen LogP contribution in [0.5, 0.6) is 5.75 Å². The summed E-state index contributed by atoms with van der Waals surface area (Å²) in [5.41, 5.74) is 3.28. The molecule has 0 aliphatic heterocycles. The summed E-state index contributed by atoms with van der Waals surface area (Å²) in [6, 6.07) is 10.0. The molecular formula is C16H17NO2. The molecule has 1 aromatic heterocycles. The molecule has 0 unspecified atom stereocenters. The molecule has 0 fully saturated rings. The highest BCUT2D eigenvalue weighted by Gasteiger charge is 2.20. The number of carbonyl (C=O) groups is 1. The quantitative estimate of drug-likeness (QED) is 0.844. The van der Waals surface area contributed by atoms with Gasteiger partial charge in [0.2, 0.25) is 0 Å². The maximum absolute atomic E-state index is 11.8. The van der Waals surface area contributed by atoms with Crippen LogP contribution in [0, 0.1) is 0 Å². The lowest BCUT2D eigenvalue weighted by atomic mass is 9.97. The van der Waals surface area contributed by atoms with E-state index in [1.807, 2.05) is 30.5 Å². The Morgan fingerprint density at radius 1 is 1.26 bits per heavy atom. The second-order valence-corrected chi connectivity index (χ2v) is 4.93. The van der Waals surface area contributed by atoms with Crippen molar-refractivity contribution >= 4 is 5.78 Å². The Bertz CT molecular complexity index is 613. The maximum atomic E-state index is 11.8. The lowest BCUT2D eigenvalue weighted by molar-refractivity contribution is 0.0972. The van der Waals surface area contributed by atoms with Gasteiger partial charge in [-0.15, -0.1) is 0 Å². The van der Waals surface area contributed by atoms with Crippen LogP contribution in [0.15, 0.2) is 36.5 Å². The lowest BCUT2D eigenvalue weighted by Crippen LogP contribution is -2.13. The fraction of sp³-hybridized carbons (Fsp3) is 0.312. The highest BCUT2D eigenvalue weighted by atomic mass is 16.5. The molecule has 0 N–H and O–H groups in total. The van der Waals surface area contributed by atoms with Crippen molar-refractivity contribution in [2.45, 2.75) is 25.8 Å². The minimum absolute atomic E-state index is 0.283. The third kappa shape index (κ3) is 2.28. The molecule has 98 valence electrons. The highest BCUT2D eigenvalue weighted by molar-refractivity contribution is 5.98. The van der Waals surface area contributed by atoms with Gasteiger partial charge in [0.15, 0.2) is 5.78 Å². The highest BCUT2D eigenvalue weighted by Crippen LogP contribution is 2.23. The average molecular weight is 255 g/mol. The van der Waals surface area contributed by atoms with Crippen LogP contribution in [0.3, 0.4) is 0 Å². The van der Waals surface area contributed by atoms with Gasteiger partial charge in [0.05, 0.1) is 7.11 Å². The summed E-state index contributed by atoms with van der Waals surface area (Å²) in [5, 5.41) is 0. The van der Waals surface area contributed by atoms with E-state index in [0.29, 0.717) is 6.42 Å². The minimum atomic E-state index is 0.283. The number of fused-ring (bicyclic) bond motifs is 1. The molecule has 0 radical (unpaired) electrons. The number of rotatable bonds is 3. The Morgan fingerprint density at radius 2 is 2.16 bits per heavy atom. The number of Topliss-reactive ketones (excluding diaryl/α,β-unsaturated/α-hetero) is 1. The summed E-state index contributed by atoms with van der Waals surface area (Å²) in [4.78, 5) is 11.8. The zero-order chi connectivity index (χ0) is 13.2. The second-order valence-electron chi connectivity index (χ2n) is 4.93. The van der Waals surface area contributed by atoms with Crippen molar-refractivity contribution in [2.75, 3.05) is 7.11 Å². The van der Waals surface area contributed by atoms with E-state index in [4.69, 9.17) is 4.74 Å². The van der Waals surface area contributed by atoms with Crippen molar-refractivity contribution in [2.24, 2.45) is 0 Å². The van der Waals surface area contributed by atoms with Crippen LogP contribution in [-0.2, 0) is 13.0 Å². The molecule has 1 heterocycles. The van der Waals surface area contributed by atoms with Gasteiger partial charge in [-0.1, -0.05) is 12.1 Å². The van der Waals surface area contributed by atoms with Gasteiger partial charge >= 0.3 is 0 Å². The number of ether oxygens (including phenoxy) is 1. The first kappa shape index (κ1) is 12.0. The van der Waals surface area contributed by atoms with Gasteiger partial charge in [-0.2, -0.15) is 0 Å². The predicted molar refractivity (Wildman–Crippen MR) is 73.8 cm³/mol. The molecule has 2 aromatic rings. The van der Waals surface area contributed by atoms with Gasteiger partial charge in [-0.05, 0) is 36.6 Å². The van der Waals surface area contributed by atoms with E-state index in [-0.39, 0.29) is 5.78 Å². The predicted octanol–water partition coefficient (Wildman–Crippen LogP) is 3.06. The fourth-order valence-electron chi connectivity index (χ4n) is 2.70. The Hall–Kier alpha value is -2.03. The first-order valence-electron chi connectivity index (χ1n) is 6.62. The van der Waals surface area contributed by atoms with E-state index < -0.39 is 0 Å². The van der Waals surface area contributed by atoms with Crippen LogP contribution in [0.4, 0.5) is 0 Å². The van der Waals surface area contributed by atoms with E-state index in [1.54, 1.807) is 7.11 Å². The van der Waals surface area contributed by atoms with Gasteiger partial charge in [0, 0.05) is 30.4 Å². The molecule has 1 aliphatic rings. The summed E-state index contributed by atoms with van der Waals surface area (Å²) in [5.74, 6) is 1.15. The van der Waals surface area contributed by atoms with Crippen LogP contribution >= 0.6 is 0 Å². The van der Waals surface area contributed by atoms with Crippen molar-refractivity contribution < 1.29 is 9.53 Å². The first-order valence-corrected chi connectivity index (χ1v) is 6.62. The summed E-state index contributed by atoms with van der Waals surface area (Å²) in [6.45, 7) is 0.791. The van der Waals surface area contributed by atoms with E-state index in [1.165, 1.54) is 11.3 Å². The number of benzene rings is 1. The van der Waals surface area contributed by atoms with Crippen LogP contribution < -0.4 is 4.74 Å². The topological polar surface area (TPSA) is 31.2 Å². The van der Waals surface area contributed by atoms with Crippen molar-refractivity contribution in [1.82, 2.24) is 4.57 Å². The van der Waals surface area contributed by atoms with Gasteiger partial charge in [-0.3, -0.25) is 4.79 Å². The zero-order valence-electron chi connectivity index (χ0n) is 11.1. The number of nitrogens with zero attached hydrogens (tertiary/aromatic N) is 1. The monoisotopic (exact) mass is 255 g/mol. The molecule has 0 atom stereocenters. The largest absolute Gasteiger partial charge is 0.497 e. The summed E-state index contributed by atoms with van der Waals surface area (Å²) in [6.07, 6.45) is 4.68. The number of methoxy groups -OCH3 is 1. The van der Waals surface area contributed by atoms with Crippen LogP contribution in [0.1, 0.15) is 34.5 Å². The van der Waals surface area contributed by atoms with E-state index >= 15 is 0 Å². The molecule has 0 amide bonds. The molecule has 1 aromatic carbocycles. The van der Waals surface area contributed by atoms with Crippen molar-refractivity contribution in [1.29, 1.82) is 0 Å². The van der Waals surface area contributed by atoms with E-state index in [9.17, 15) is 4.79 Å². The fourth-order valence-corrected chi connectivity index (χ4v) is 2.70. The molecule has 3 heteroatoms. The Balaban J connectivity index is 1.89. The molecule has 3 rings (SSSR count). The van der Waals surface area contributed by atoms with Crippen LogP contribution in [0.25, 0.3) is 0 Å². The average Bonchev–Trinajstić information content (AvgIpc) is 2.84. The molecule has 0 saturated heterocycles. The van der Waals surface area contributed by atoms with Crippen LogP contribution in [0.2, 0.25) is 0 Å². The van der Waals surface area contributed by atoms with Gasteiger partial charge in [-0.25, -0.2) is 0 Å². The molecule has 1 aliphatic carbocycles. The van der Waals surface area contributed by atoms with Gasteiger partial charge < -0.3 is 9.30 Å². The molecule has 0 saturated carbocycles. The lowest BCUT2D eigenvalue weighted by Gasteiger charge is -2.15. The Labute approximate surface area is 112 Å². The van der Waals surface area contributed by atoms with Crippen molar-refractivity contribution in [3.05, 3.63) is 53.3 Å². The Kier molecular flexibility index (Phi) is 3.11. The Morgan fingerprint density at radius 3 is 3.00 bits per heavy atom. The van der Waals surface area contributed by atoms with Crippen molar-refractivity contribution in [3.63, 3.8) is 0 Å². The van der Waals surface area contributed by atoms with E-state index in [2.05, 4.69) is 10.6 Å². The third-order valence-corrected chi connectivity index (χ3v) is 3.68. The number of ketones is 1. The van der Waals surface area contributed by atoms with Gasteiger partial charge in [0.25, 0.3) is 0 Å². The third-order valence-electron chi connectivity index (χ3n) is 3.68. The first-order chi connectivity index (χ1) is 9.28. The van der Waals surface area contributed by atoms with Crippen LogP contribution in [-0.4, -0.2) is 17.5 Å². The molecule has 3 nitrogen and oxygen atoms in total. The maximum Gasteiger partial charge on any atom is 0.164 e. The van der Waals surface area contributed by atoms with Gasteiger partial charge in [0.1, 0.15) is 5.75 Å². The summed E-state index contributed by atoms with van der Waals surface area (Å²) in [7, 11) is 1.68. The standard InChI is InChI=1S/C16H17NO2/c1-19-13-5-2-4-12(10-13)11-17-9-8-14-15(17)6-3-7-16(14)18/h2,4-5,8-10H,3,6-7,11H2,1H3. The number of carbonyl (C=O) groups excluding carboxylic acids is 1. The molecule has 19 heavy (non-hydrogen) atoms. The number of hydrogen-bond acceptors (Lipinski definition) is 2. The zero-order valence-corrected chi connectivity index (χ0v) is 11.1. The van der Waals surface area contributed by atoms with E-state index in [0.717, 1.165) is 30.7 Å². The molecule has 0 bridgehead atoms. The summed E-state index contributed by atoms with van der Waals surface area (Å²) >= 11 is 0. The smallest absolute Gasteiger partial charge is 0.164 e. The SMILES string of the molecule is COc1cccc(Cn2ccc3c2CCCC3=O)c1. The summed E-state index contributed by atoms with van der Waals surface area (Å²) < 4.78 is 7.42. The normalized spacial score (nSPS) is 14.3. The molecule has 0 spiro atoms. The van der Waals surface area contributed by atoms with Crippen molar-refractivity contribution in [3.8, 4) is 5.75 Å². The number of hydrogen-bond donors (Lipinski definition) is 0. The minimum Gasteiger partial charge on any atom is -0.497 e.